The summed E-state index contributed by atoms with van der Waals surface area (Å²) in [6.45, 7) is 3.87. The van der Waals surface area contributed by atoms with E-state index in [0.29, 0.717) is 21.8 Å². The summed E-state index contributed by atoms with van der Waals surface area (Å²) in [7, 11) is 0. The van der Waals surface area contributed by atoms with Crippen LogP contribution in [0.4, 0.5) is 5.69 Å². The Morgan fingerprint density at radius 2 is 1.73 bits per heavy atom. The smallest absolute Gasteiger partial charge is 0.251 e. The Kier molecular flexibility index (Phi) is 6.76. The van der Waals surface area contributed by atoms with Crippen molar-refractivity contribution in [2.45, 2.75) is 26.3 Å². The quantitative estimate of drug-likeness (QED) is 0.807. The molecule has 0 aliphatic rings. The third kappa shape index (κ3) is 5.08. The molecule has 0 radical (unpaired) electrons. The van der Waals surface area contributed by atoms with E-state index < -0.39 is 6.04 Å². The number of halogens is 1. The zero-order valence-electron chi connectivity index (χ0n) is 14.6. The van der Waals surface area contributed by atoms with E-state index in [9.17, 15) is 9.59 Å². The van der Waals surface area contributed by atoms with Gasteiger partial charge in [0.05, 0.1) is 11.6 Å². The van der Waals surface area contributed by atoms with Crippen LogP contribution in [0.3, 0.4) is 0 Å². The van der Waals surface area contributed by atoms with Gasteiger partial charge in [0, 0.05) is 16.3 Å². The highest BCUT2D eigenvalue weighted by molar-refractivity contribution is 6.30. The first-order valence-corrected chi connectivity index (χ1v) is 8.69. The Bertz CT molecular complexity index is 810. The average Bonchev–Trinajstić information content (AvgIpc) is 2.66. The van der Waals surface area contributed by atoms with E-state index >= 15 is 0 Å². The largest absolute Gasteiger partial charge is 0.340 e. The summed E-state index contributed by atoms with van der Waals surface area (Å²) >= 11 is 5.84. The van der Waals surface area contributed by atoms with Gasteiger partial charge < -0.3 is 10.6 Å². The Hall–Kier alpha value is -2.84. The minimum Gasteiger partial charge on any atom is -0.340 e. The van der Waals surface area contributed by atoms with Crippen LogP contribution >= 0.6 is 11.6 Å². The number of benzene rings is 2. The zero-order valence-corrected chi connectivity index (χ0v) is 15.4. The molecular weight excluding hydrogens is 350 g/mol. The van der Waals surface area contributed by atoms with E-state index in [1.807, 2.05) is 19.9 Å². The Morgan fingerprint density at radius 3 is 2.27 bits per heavy atom. The predicted molar refractivity (Wildman–Crippen MR) is 102 cm³/mol. The lowest BCUT2D eigenvalue weighted by molar-refractivity contribution is -0.119. The highest BCUT2D eigenvalue weighted by Gasteiger charge is 2.26. The summed E-state index contributed by atoms with van der Waals surface area (Å²) in [5.74, 6) is -0.682. The molecule has 0 heterocycles. The number of hydrogen-bond donors (Lipinski definition) is 2. The fourth-order valence-corrected chi connectivity index (χ4v) is 2.50. The first kappa shape index (κ1) is 19.5. The summed E-state index contributed by atoms with van der Waals surface area (Å²) in [4.78, 5) is 25.1. The molecule has 0 saturated carbocycles. The topological polar surface area (TPSA) is 82.0 Å². The van der Waals surface area contributed by atoms with Gasteiger partial charge in [-0.3, -0.25) is 9.59 Å². The van der Waals surface area contributed by atoms with Crippen molar-refractivity contribution in [2.24, 2.45) is 5.92 Å². The van der Waals surface area contributed by atoms with Gasteiger partial charge in [0.1, 0.15) is 6.04 Å². The number of nitriles is 1. The first-order valence-electron chi connectivity index (χ1n) is 8.32. The number of nitrogens with zero attached hydrogens (tertiary/aromatic N) is 1. The molecule has 2 rings (SSSR count). The van der Waals surface area contributed by atoms with Crippen molar-refractivity contribution in [1.82, 2.24) is 5.32 Å². The van der Waals surface area contributed by atoms with Crippen LogP contribution in [0.2, 0.25) is 5.02 Å². The Labute approximate surface area is 158 Å². The van der Waals surface area contributed by atoms with E-state index in [2.05, 4.69) is 10.6 Å². The lowest BCUT2D eigenvalue weighted by atomic mass is 9.97. The highest BCUT2D eigenvalue weighted by Crippen LogP contribution is 2.15. The average molecular weight is 370 g/mol. The molecule has 2 N–H and O–H groups in total. The van der Waals surface area contributed by atoms with Gasteiger partial charge in [-0.1, -0.05) is 31.9 Å². The van der Waals surface area contributed by atoms with Crippen LogP contribution in [-0.2, 0) is 4.79 Å². The molecule has 2 amide bonds. The number of hydrogen-bond acceptors (Lipinski definition) is 3. The van der Waals surface area contributed by atoms with E-state index in [1.165, 1.54) is 0 Å². The molecule has 0 bridgehead atoms. The molecule has 2 aromatic rings. The molecule has 0 unspecified atom stereocenters. The molecular formula is C20H20ClN3O2. The van der Waals surface area contributed by atoms with E-state index in [-0.39, 0.29) is 17.7 Å². The molecule has 0 aliphatic carbocycles. The van der Waals surface area contributed by atoms with Crippen molar-refractivity contribution < 1.29 is 9.59 Å². The maximum Gasteiger partial charge on any atom is 0.251 e. The Balaban J connectivity index is 2.12. The summed E-state index contributed by atoms with van der Waals surface area (Å²) in [5, 5.41) is 15.0. The summed E-state index contributed by atoms with van der Waals surface area (Å²) in [5.41, 5.74) is 1.52. The van der Waals surface area contributed by atoms with Crippen molar-refractivity contribution in [1.29, 1.82) is 5.26 Å². The van der Waals surface area contributed by atoms with Crippen molar-refractivity contribution in [3.63, 3.8) is 0 Å². The van der Waals surface area contributed by atoms with Crippen molar-refractivity contribution in [2.75, 3.05) is 5.32 Å². The van der Waals surface area contributed by atoms with Gasteiger partial charge >= 0.3 is 0 Å². The summed E-state index contributed by atoms with van der Waals surface area (Å²) < 4.78 is 0. The second-order valence-corrected chi connectivity index (χ2v) is 6.46. The zero-order chi connectivity index (χ0) is 19.1. The van der Waals surface area contributed by atoms with Crippen molar-refractivity contribution in [3.8, 4) is 6.07 Å². The van der Waals surface area contributed by atoms with Crippen molar-refractivity contribution in [3.05, 3.63) is 64.7 Å². The monoisotopic (exact) mass is 369 g/mol. The number of nitrogens with one attached hydrogen (secondary N) is 2. The fraction of sp³-hybridized carbons (Fsp3) is 0.250. The van der Waals surface area contributed by atoms with Crippen LogP contribution in [0, 0.1) is 17.2 Å². The van der Waals surface area contributed by atoms with Gasteiger partial charge in [-0.25, -0.2) is 0 Å². The van der Waals surface area contributed by atoms with Gasteiger partial charge in [-0.05, 0) is 54.4 Å². The third-order valence-corrected chi connectivity index (χ3v) is 4.42. The maximum atomic E-state index is 12.7. The van der Waals surface area contributed by atoms with Crippen LogP contribution in [0.15, 0.2) is 48.5 Å². The van der Waals surface area contributed by atoms with E-state index in [4.69, 9.17) is 16.9 Å². The SMILES string of the molecule is CC[C@@H](C)[C@H](NC(=O)c1ccc(Cl)cc1)C(=O)Nc1ccc(C#N)cc1. The molecule has 2 aromatic carbocycles. The van der Waals surface area contributed by atoms with E-state index in [1.54, 1.807) is 48.5 Å². The van der Waals surface area contributed by atoms with Gasteiger partial charge in [-0.15, -0.1) is 0 Å². The normalized spacial score (nSPS) is 12.5. The first-order chi connectivity index (χ1) is 12.4. The minimum atomic E-state index is -0.682. The van der Waals surface area contributed by atoms with Gasteiger partial charge in [0.2, 0.25) is 5.91 Å². The van der Waals surface area contributed by atoms with E-state index in [0.717, 1.165) is 6.42 Å². The number of carbonyl (C=O) groups is 2. The number of carbonyl (C=O) groups excluding carboxylic acids is 2. The molecule has 0 aromatic heterocycles. The summed E-state index contributed by atoms with van der Waals surface area (Å²) in [6.07, 6.45) is 0.729. The maximum absolute atomic E-state index is 12.7. The lowest BCUT2D eigenvalue weighted by Crippen LogP contribution is -2.47. The summed E-state index contributed by atoms with van der Waals surface area (Å²) in [6, 6.07) is 14.4. The van der Waals surface area contributed by atoms with Gasteiger partial charge in [0.25, 0.3) is 5.91 Å². The van der Waals surface area contributed by atoms with Crippen LogP contribution in [0.1, 0.15) is 36.2 Å². The number of rotatable bonds is 6. The molecule has 26 heavy (non-hydrogen) atoms. The Morgan fingerprint density at radius 1 is 1.12 bits per heavy atom. The standard InChI is InChI=1S/C20H20ClN3O2/c1-3-13(2)18(24-19(25)15-6-8-16(21)9-7-15)20(26)23-17-10-4-14(12-22)5-11-17/h4-11,13,18H,3H2,1-2H3,(H,23,26)(H,24,25)/t13-,18+/m1/s1. The second kappa shape index (κ2) is 9.02. The van der Waals surface area contributed by atoms with Crippen LogP contribution < -0.4 is 10.6 Å². The molecule has 0 aliphatic heterocycles. The molecule has 134 valence electrons. The van der Waals surface area contributed by atoms with Gasteiger partial charge in [0.15, 0.2) is 0 Å². The molecule has 6 heteroatoms. The number of amides is 2. The highest BCUT2D eigenvalue weighted by atomic mass is 35.5. The third-order valence-electron chi connectivity index (χ3n) is 4.17. The van der Waals surface area contributed by atoms with Crippen molar-refractivity contribution >= 4 is 29.1 Å². The molecule has 5 nitrogen and oxygen atoms in total. The molecule has 0 fully saturated rings. The second-order valence-electron chi connectivity index (χ2n) is 6.02. The molecule has 2 atom stereocenters. The predicted octanol–water partition coefficient (Wildman–Crippen LogP) is 3.99. The van der Waals surface area contributed by atoms with Crippen LogP contribution in [0.5, 0.6) is 0 Å². The fourth-order valence-electron chi connectivity index (χ4n) is 2.38. The number of anilines is 1. The van der Waals surface area contributed by atoms with Crippen LogP contribution in [-0.4, -0.2) is 17.9 Å². The van der Waals surface area contributed by atoms with Crippen LogP contribution in [0.25, 0.3) is 0 Å². The minimum absolute atomic E-state index is 0.0513. The molecule has 0 spiro atoms. The molecule has 0 saturated heterocycles. The van der Waals surface area contributed by atoms with Gasteiger partial charge in [-0.2, -0.15) is 5.26 Å². The lowest BCUT2D eigenvalue weighted by Gasteiger charge is -2.23.